The molecular weight excluding hydrogens is 286 g/mol. The first-order chi connectivity index (χ1) is 9.95. The van der Waals surface area contributed by atoms with Crippen LogP contribution in [0.15, 0.2) is 16.9 Å². The van der Waals surface area contributed by atoms with Crippen molar-refractivity contribution in [1.82, 2.24) is 19.7 Å². The summed E-state index contributed by atoms with van der Waals surface area (Å²) in [6.07, 6.45) is 0. The van der Waals surface area contributed by atoms with Crippen molar-refractivity contribution in [2.24, 2.45) is 0 Å². The van der Waals surface area contributed by atoms with Crippen molar-refractivity contribution >= 4 is 27.4 Å². The summed E-state index contributed by atoms with van der Waals surface area (Å²) in [6.45, 7) is 6.10. The molecular formula is C14H15N5OS. The lowest BCUT2D eigenvalue weighted by atomic mass is 10.2. The number of thiophene rings is 1. The summed E-state index contributed by atoms with van der Waals surface area (Å²) >= 11 is 1.59. The second-order valence-electron chi connectivity index (χ2n) is 4.96. The molecule has 0 saturated carbocycles. The zero-order valence-corrected chi connectivity index (χ0v) is 12.9. The van der Waals surface area contributed by atoms with Crippen LogP contribution in [0, 0.1) is 20.8 Å². The number of rotatable bonds is 2. The number of nitrogens with two attached hydrogens (primary N) is 1. The lowest BCUT2D eigenvalue weighted by Gasteiger charge is -2.05. The van der Waals surface area contributed by atoms with E-state index in [1.165, 1.54) is 15.6 Å². The average molecular weight is 301 g/mol. The van der Waals surface area contributed by atoms with Gasteiger partial charge in [0.05, 0.1) is 11.1 Å². The number of hydrogen-bond donors (Lipinski definition) is 1. The molecule has 0 atom stereocenters. The molecule has 3 aromatic rings. The Balaban J connectivity index is 2.09. The van der Waals surface area contributed by atoms with Crippen LogP contribution in [0.3, 0.4) is 0 Å². The Kier molecular flexibility index (Phi) is 3.21. The third-order valence-corrected chi connectivity index (χ3v) is 4.50. The molecule has 3 rings (SSSR count). The SMILES string of the molecule is Cc1ccc(=O)n(Cc2nc(N)c3c(C)c(C)sc3n2)n1. The first-order valence-corrected chi connectivity index (χ1v) is 7.34. The molecule has 6 nitrogen and oxygen atoms in total. The molecule has 0 aliphatic carbocycles. The first-order valence-electron chi connectivity index (χ1n) is 6.52. The van der Waals surface area contributed by atoms with Crippen molar-refractivity contribution in [1.29, 1.82) is 0 Å². The molecule has 0 aromatic carbocycles. The van der Waals surface area contributed by atoms with Gasteiger partial charge in [0.15, 0.2) is 5.82 Å². The summed E-state index contributed by atoms with van der Waals surface area (Å²) in [5, 5.41) is 5.10. The van der Waals surface area contributed by atoms with Gasteiger partial charge in [-0.3, -0.25) is 4.79 Å². The van der Waals surface area contributed by atoms with Crippen LogP contribution in [-0.2, 0) is 6.54 Å². The Labute approximate surface area is 125 Å². The van der Waals surface area contributed by atoms with Gasteiger partial charge in [-0.2, -0.15) is 5.10 Å². The van der Waals surface area contributed by atoms with Crippen molar-refractivity contribution in [2.75, 3.05) is 5.73 Å². The Morgan fingerprint density at radius 2 is 2.00 bits per heavy atom. The van der Waals surface area contributed by atoms with E-state index in [4.69, 9.17) is 5.73 Å². The largest absolute Gasteiger partial charge is 0.383 e. The summed E-state index contributed by atoms with van der Waals surface area (Å²) in [7, 11) is 0. The van der Waals surface area contributed by atoms with Crippen molar-refractivity contribution in [2.45, 2.75) is 27.3 Å². The topological polar surface area (TPSA) is 86.7 Å². The fourth-order valence-electron chi connectivity index (χ4n) is 2.20. The molecule has 0 aliphatic rings. The minimum absolute atomic E-state index is 0.179. The minimum Gasteiger partial charge on any atom is -0.383 e. The molecule has 0 unspecified atom stereocenters. The maximum atomic E-state index is 11.8. The van der Waals surface area contributed by atoms with Gasteiger partial charge in [-0.05, 0) is 32.4 Å². The van der Waals surface area contributed by atoms with Gasteiger partial charge < -0.3 is 5.73 Å². The van der Waals surface area contributed by atoms with E-state index in [1.54, 1.807) is 17.4 Å². The molecule has 3 heterocycles. The zero-order chi connectivity index (χ0) is 15.1. The monoisotopic (exact) mass is 301 g/mol. The average Bonchev–Trinajstić information content (AvgIpc) is 2.70. The Hall–Kier alpha value is -2.28. The number of hydrogen-bond acceptors (Lipinski definition) is 6. The second kappa shape index (κ2) is 4.92. The molecule has 0 saturated heterocycles. The third kappa shape index (κ3) is 2.40. The Morgan fingerprint density at radius 1 is 1.24 bits per heavy atom. The molecule has 0 fully saturated rings. The van der Waals surface area contributed by atoms with E-state index in [2.05, 4.69) is 15.1 Å². The summed E-state index contributed by atoms with van der Waals surface area (Å²) in [5.74, 6) is 0.957. The molecule has 3 aromatic heterocycles. The summed E-state index contributed by atoms with van der Waals surface area (Å²) < 4.78 is 1.35. The van der Waals surface area contributed by atoms with Gasteiger partial charge in [0.25, 0.3) is 5.56 Å². The predicted octanol–water partition coefficient (Wildman–Crippen LogP) is 1.80. The van der Waals surface area contributed by atoms with E-state index in [1.807, 2.05) is 20.8 Å². The molecule has 21 heavy (non-hydrogen) atoms. The number of aryl methyl sites for hydroxylation is 3. The highest BCUT2D eigenvalue weighted by Gasteiger charge is 2.13. The number of aromatic nitrogens is 4. The first kappa shape index (κ1) is 13.7. The Morgan fingerprint density at radius 3 is 2.76 bits per heavy atom. The van der Waals surface area contributed by atoms with Gasteiger partial charge in [-0.25, -0.2) is 14.6 Å². The Bertz CT molecular complexity index is 896. The van der Waals surface area contributed by atoms with Crippen LogP contribution >= 0.6 is 11.3 Å². The lowest BCUT2D eigenvalue weighted by Crippen LogP contribution is -2.24. The zero-order valence-electron chi connectivity index (χ0n) is 12.0. The summed E-state index contributed by atoms with van der Waals surface area (Å²) in [6, 6.07) is 3.17. The lowest BCUT2D eigenvalue weighted by molar-refractivity contribution is 0.608. The molecule has 0 aliphatic heterocycles. The van der Waals surface area contributed by atoms with Crippen LogP contribution in [0.2, 0.25) is 0 Å². The highest BCUT2D eigenvalue weighted by atomic mass is 32.1. The maximum absolute atomic E-state index is 11.8. The fraction of sp³-hybridized carbons (Fsp3) is 0.286. The number of nitrogens with zero attached hydrogens (tertiary/aromatic N) is 4. The van der Waals surface area contributed by atoms with Crippen LogP contribution in [0.5, 0.6) is 0 Å². The molecule has 108 valence electrons. The third-order valence-electron chi connectivity index (χ3n) is 3.39. The van der Waals surface area contributed by atoms with Gasteiger partial charge >= 0.3 is 0 Å². The van der Waals surface area contributed by atoms with E-state index in [-0.39, 0.29) is 12.1 Å². The van der Waals surface area contributed by atoms with Crippen molar-refractivity contribution < 1.29 is 0 Å². The van der Waals surface area contributed by atoms with Crippen LogP contribution in [-0.4, -0.2) is 19.7 Å². The smallest absolute Gasteiger partial charge is 0.267 e. The van der Waals surface area contributed by atoms with Crippen molar-refractivity contribution in [3.8, 4) is 0 Å². The fourth-order valence-corrected chi connectivity index (χ4v) is 3.25. The molecule has 0 amide bonds. The van der Waals surface area contributed by atoms with E-state index >= 15 is 0 Å². The molecule has 0 bridgehead atoms. The van der Waals surface area contributed by atoms with Crippen LogP contribution in [0.25, 0.3) is 10.2 Å². The van der Waals surface area contributed by atoms with Crippen molar-refractivity contribution in [3.05, 3.63) is 44.4 Å². The number of nitrogen functional groups attached to an aromatic ring is 1. The van der Waals surface area contributed by atoms with Gasteiger partial charge in [0.1, 0.15) is 17.2 Å². The van der Waals surface area contributed by atoms with E-state index < -0.39 is 0 Å². The quantitative estimate of drug-likeness (QED) is 0.780. The van der Waals surface area contributed by atoms with E-state index in [0.717, 1.165) is 21.5 Å². The van der Waals surface area contributed by atoms with Gasteiger partial charge in [0, 0.05) is 10.9 Å². The summed E-state index contributed by atoms with van der Waals surface area (Å²) in [5.41, 5.74) is 7.75. The standard InChI is InChI=1S/C14H15N5OS/c1-7-4-5-11(20)19(18-7)6-10-16-13(15)12-8(2)9(3)21-14(12)17-10/h4-5H,6H2,1-3H3,(H2,15,16,17). The molecule has 7 heteroatoms. The van der Waals surface area contributed by atoms with Crippen molar-refractivity contribution in [3.63, 3.8) is 0 Å². The van der Waals surface area contributed by atoms with E-state index in [0.29, 0.717) is 11.6 Å². The molecule has 0 radical (unpaired) electrons. The van der Waals surface area contributed by atoms with Crippen LogP contribution in [0.1, 0.15) is 22.0 Å². The summed E-state index contributed by atoms with van der Waals surface area (Å²) in [4.78, 5) is 22.7. The van der Waals surface area contributed by atoms with Crippen LogP contribution < -0.4 is 11.3 Å². The molecule has 0 spiro atoms. The van der Waals surface area contributed by atoms with E-state index in [9.17, 15) is 4.79 Å². The minimum atomic E-state index is -0.179. The maximum Gasteiger partial charge on any atom is 0.267 e. The highest BCUT2D eigenvalue weighted by molar-refractivity contribution is 7.18. The normalized spacial score (nSPS) is 11.2. The number of fused-ring (bicyclic) bond motifs is 1. The van der Waals surface area contributed by atoms with Gasteiger partial charge in [0.2, 0.25) is 0 Å². The van der Waals surface area contributed by atoms with Crippen LogP contribution in [0.4, 0.5) is 5.82 Å². The second-order valence-corrected chi connectivity index (χ2v) is 6.16. The van der Waals surface area contributed by atoms with Gasteiger partial charge in [-0.1, -0.05) is 0 Å². The van der Waals surface area contributed by atoms with Gasteiger partial charge in [-0.15, -0.1) is 11.3 Å². The molecule has 2 N–H and O–H groups in total. The predicted molar refractivity (Wildman–Crippen MR) is 83.6 cm³/mol. The number of anilines is 1. The highest BCUT2D eigenvalue weighted by Crippen LogP contribution is 2.31.